The van der Waals surface area contributed by atoms with Crippen LogP contribution >= 0.6 is 0 Å². The van der Waals surface area contributed by atoms with E-state index in [0.29, 0.717) is 11.4 Å². The number of hydrogen-bond acceptors (Lipinski definition) is 7. The molecule has 0 radical (unpaired) electrons. The minimum atomic E-state index is -1.30. The van der Waals surface area contributed by atoms with E-state index in [2.05, 4.69) is 15.5 Å². The zero-order valence-corrected chi connectivity index (χ0v) is 17.4. The Morgan fingerprint density at radius 2 is 1.45 bits per heavy atom. The zero-order chi connectivity index (χ0) is 21.3. The van der Waals surface area contributed by atoms with Crippen LogP contribution in [0.15, 0.2) is 40.6 Å². The summed E-state index contributed by atoms with van der Waals surface area (Å²) in [5, 5.41) is 42.1. The van der Waals surface area contributed by atoms with Gasteiger partial charge in [-0.25, -0.2) is 0 Å². The molecule has 7 nitrogen and oxygen atoms in total. The highest BCUT2D eigenvalue weighted by Crippen LogP contribution is 2.33. The van der Waals surface area contributed by atoms with Gasteiger partial charge < -0.3 is 25.4 Å². The number of ether oxygens (including phenoxy) is 1. The standard InChI is InChI=1S/C22H29N3O4/c1-11-6-7-16(8-12(11)2)24-25-18-10-14(4)13(3)9-17(18)23-22-21(28)20(27)19(26)15(5)29-22/h6-10,15,19-23,26-28H,1-5H3/t15-,19+,20+,21+,22-/m0/s1. The maximum absolute atomic E-state index is 10.3. The molecule has 29 heavy (non-hydrogen) atoms. The molecule has 0 unspecified atom stereocenters. The molecule has 0 aromatic heterocycles. The van der Waals surface area contributed by atoms with Crippen molar-refractivity contribution in [3.8, 4) is 0 Å². The van der Waals surface area contributed by atoms with Crippen molar-refractivity contribution in [1.29, 1.82) is 0 Å². The average molecular weight is 399 g/mol. The van der Waals surface area contributed by atoms with Crippen molar-refractivity contribution in [3.05, 3.63) is 52.6 Å². The summed E-state index contributed by atoms with van der Waals surface area (Å²) in [6.45, 7) is 9.69. The molecule has 1 aliphatic rings. The van der Waals surface area contributed by atoms with Gasteiger partial charge in [0.1, 0.15) is 24.0 Å². The Balaban J connectivity index is 1.89. The zero-order valence-electron chi connectivity index (χ0n) is 17.4. The molecular weight excluding hydrogens is 370 g/mol. The number of aliphatic hydroxyl groups is 3. The summed E-state index contributed by atoms with van der Waals surface area (Å²) in [5.74, 6) is 0. The number of nitrogens with zero attached hydrogens (tertiary/aromatic N) is 2. The quantitative estimate of drug-likeness (QED) is 0.588. The van der Waals surface area contributed by atoms with Crippen LogP contribution in [0.5, 0.6) is 0 Å². The Bertz CT molecular complexity index is 915. The lowest BCUT2D eigenvalue weighted by molar-refractivity contribution is -0.209. The molecule has 0 saturated carbocycles. The van der Waals surface area contributed by atoms with E-state index >= 15 is 0 Å². The van der Waals surface area contributed by atoms with Crippen molar-refractivity contribution in [2.45, 2.75) is 65.3 Å². The van der Waals surface area contributed by atoms with Gasteiger partial charge in [0.05, 0.1) is 17.5 Å². The number of benzene rings is 2. The lowest BCUT2D eigenvalue weighted by Gasteiger charge is -2.40. The molecule has 0 spiro atoms. The molecule has 1 aliphatic heterocycles. The number of aliphatic hydroxyl groups excluding tert-OH is 3. The molecule has 5 atom stereocenters. The van der Waals surface area contributed by atoms with Crippen LogP contribution < -0.4 is 5.32 Å². The van der Waals surface area contributed by atoms with Gasteiger partial charge in [-0.15, -0.1) is 5.11 Å². The molecule has 1 heterocycles. The van der Waals surface area contributed by atoms with Crippen molar-refractivity contribution < 1.29 is 20.1 Å². The van der Waals surface area contributed by atoms with Crippen LogP contribution in [0.3, 0.4) is 0 Å². The largest absolute Gasteiger partial charge is 0.388 e. The Kier molecular flexibility index (Phi) is 6.33. The highest BCUT2D eigenvalue weighted by molar-refractivity contribution is 5.68. The van der Waals surface area contributed by atoms with Gasteiger partial charge >= 0.3 is 0 Å². The van der Waals surface area contributed by atoms with Gasteiger partial charge in [-0.2, -0.15) is 5.11 Å². The monoisotopic (exact) mass is 399 g/mol. The topological polar surface area (TPSA) is 107 Å². The number of nitrogens with one attached hydrogen (secondary N) is 1. The third kappa shape index (κ3) is 4.64. The van der Waals surface area contributed by atoms with E-state index in [1.54, 1.807) is 6.92 Å². The van der Waals surface area contributed by atoms with Crippen molar-refractivity contribution in [3.63, 3.8) is 0 Å². The van der Waals surface area contributed by atoms with Gasteiger partial charge in [-0.1, -0.05) is 6.07 Å². The molecule has 1 fully saturated rings. The summed E-state index contributed by atoms with van der Waals surface area (Å²) >= 11 is 0. The number of rotatable bonds is 4. The lowest BCUT2D eigenvalue weighted by atomic mass is 9.98. The summed E-state index contributed by atoms with van der Waals surface area (Å²) in [6.07, 6.45) is -5.25. The first-order chi connectivity index (χ1) is 13.7. The first kappa shape index (κ1) is 21.4. The molecule has 0 bridgehead atoms. The second kappa shape index (κ2) is 8.59. The van der Waals surface area contributed by atoms with E-state index in [9.17, 15) is 15.3 Å². The van der Waals surface area contributed by atoms with Gasteiger partial charge in [0.25, 0.3) is 0 Å². The molecule has 7 heteroatoms. The molecule has 156 valence electrons. The number of hydrogen-bond donors (Lipinski definition) is 4. The molecule has 0 aliphatic carbocycles. The van der Waals surface area contributed by atoms with Gasteiger partial charge in [-0.05, 0) is 81.1 Å². The van der Waals surface area contributed by atoms with E-state index in [-0.39, 0.29) is 0 Å². The Hall–Kier alpha value is -2.32. The third-order valence-corrected chi connectivity index (χ3v) is 5.53. The molecule has 0 amide bonds. The molecule has 2 aromatic carbocycles. The summed E-state index contributed by atoms with van der Waals surface area (Å²) in [7, 11) is 0. The van der Waals surface area contributed by atoms with Crippen molar-refractivity contribution in [2.75, 3.05) is 5.32 Å². The van der Waals surface area contributed by atoms with Gasteiger partial charge in [0.2, 0.25) is 0 Å². The van der Waals surface area contributed by atoms with Crippen molar-refractivity contribution in [2.24, 2.45) is 10.2 Å². The normalized spacial score (nSPS) is 27.4. The predicted molar refractivity (Wildman–Crippen MR) is 112 cm³/mol. The Labute approximate surface area is 171 Å². The fraction of sp³-hybridized carbons (Fsp3) is 0.455. The second-order valence-electron chi connectivity index (χ2n) is 7.80. The maximum atomic E-state index is 10.3. The van der Waals surface area contributed by atoms with Gasteiger partial charge in [-0.3, -0.25) is 0 Å². The number of aryl methyl sites for hydroxylation is 4. The Morgan fingerprint density at radius 3 is 2.14 bits per heavy atom. The first-order valence-electron chi connectivity index (χ1n) is 9.74. The first-order valence-corrected chi connectivity index (χ1v) is 9.74. The number of anilines is 1. The van der Waals surface area contributed by atoms with E-state index in [1.165, 1.54) is 5.56 Å². The van der Waals surface area contributed by atoms with Crippen LogP contribution in [0.25, 0.3) is 0 Å². The van der Waals surface area contributed by atoms with Gasteiger partial charge in [0.15, 0.2) is 6.23 Å². The van der Waals surface area contributed by atoms with Crippen LogP contribution in [0, 0.1) is 27.7 Å². The second-order valence-corrected chi connectivity index (χ2v) is 7.80. The molecule has 4 N–H and O–H groups in total. The smallest absolute Gasteiger partial charge is 0.157 e. The summed E-state index contributed by atoms with van der Waals surface area (Å²) in [5.41, 5.74) is 6.39. The lowest BCUT2D eigenvalue weighted by Crippen LogP contribution is -2.58. The summed E-state index contributed by atoms with van der Waals surface area (Å²) < 4.78 is 5.66. The van der Waals surface area contributed by atoms with Crippen molar-refractivity contribution in [1.82, 2.24) is 0 Å². The van der Waals surface area contributed by atoms with Crippen molar-refractivity contribution >= 4 is 17.1 Å². The average Bonchev–Trinajstić information content (AvgIpc) is 2.68. The minimum absolute atomic E-state index is 0.593. The fourth-order valence-corrected chi connectivity index (χ4v) is 3.22. The molecule has 3 rings (SSSR count). The van der Waals surface area contributed by atoms with Crippen LogP contribution in [0.2, 0.25) is 0 Å². The summed E-state index contributed by atoms with van der Waals surface area (Å²) in [4.78, 5) is 0. The highest BCUT2D eigenvalue weighted by Gasteiger charge is 2.41. The SMILES string of the molecule is Cc1ccc(N=Nc2cc(C)c(C)cc2N[C@H]2O[C@@H](C)[C@@H](O)[C@@H](O)[C@H]2O)cc1C. The molecule has 1 saturated heterocycles. The third-order valence-electron chi connectivity index (χ3n) is 5.53. The Morgan fingerprint density at radius 1 is 0.793 bits per heavy atom. The van der Waals surface area contributed by atoms with Crippen LogP contribution in [0.1, 0.15) is 29.2 Å². The van der Waals surface area contributed by atoms with E-state index in [0.717, 1.165) is 22.4 Å². The number of azo groups is 1. The molecular formula is C22H29N3O4. The van der Waals surface area contributed by atoms with Gasteiger partial charge in [0, 0.05) is 0 Å². The minimum Gasteiger partial charge on any atom is -0.388 e. The fourth-order valence-electron chi connectivity index (χ4n) is 3.22. The maximum Gasteiger partial charge on any atom is 0.157 e. The van der Waals surface area contributed by atoms with Crippen LogP contribution in [0.4, 0.5) is 17.1 Å². The highest BCUT2D eigenvalue weighted by atomic mass is 16.5. The van der Waals surface area contributed by atoms with Crippen LogP contribution in [-0.4, -0.2) is 46.0 Å². The predicted octanol–water partition coefficient (Wildman–Crippen LogP) is 3.58. The van der Waals surface area contributed by atoms with E-state index < -0.39 is 30.6 Å². The molecule has 2 aromatic rings. The van der Waals surface area contributed by atoms with Crippen LogP contribution in [-0.2, 0) is 4.74 Å². The van der Waals surface area contributed by atoms with E-state index in [4.69, 9.17) is 4.74 Å². The van der Waals surface area contributed by atoms with E-state index in [1.807, 2.05) is 58.0 Å². The summed E-state index contributed by atoms with van der Waals surface area (Å²) in [6, 6.07) is 9.70.